The zero-order valence-electron chi connectivity index (χ0n) is 53.5. The van der Waals surface area contributed by atoms with E-state index < -0.39 is 0 Å². The van der Waals surface area contributed by atoms with Crippen LogP contribution in [0.15, 0.2) is 194 Å². The van der Waals surface area contributed by atoms with Crippen LogP contribution in [-0.4, -0.2) is 120 Å². The van der Waals surface area contributed by atoms with Gasteiger partial charge in [-0.05, 0) is 144 Å². The highest BCUT2D eigenvalue weighted by molar-refractivity contribution is 6.08. The van der Waals surface area contributed by atoms with Crippen LogP contribution in [0.2, 0.25) is 0 Å². The second-order valence-electron chi connectivity index (χ2n) is 24.0. The van der Waals surface area contributed by atoms with E-state index in [0.717, 1.165) is 157 Å². The van der Waals surface area contributed by atoms with E-state index in [4.69, 9.17) is 9.47 Å². The van der Waals surface area contributed by atoms with Crippen LogP contribution in [0.1, 0.15) is 71.7 Å². The average molecular weight is 1290 g/mol. The molecule has 2 saturated heterocycles. The molecule has 8 heterocycles. The molecule has 0 radical (unpaired) electrons. The molecule has 490 valence electrons. The predicted octanol–water partition coefficient (Wildman–Crippen LogP) is 10.4. The van der Waals surface area contributed by atoms with Crippen molar-refractivity contribution in [3.05, 3.63) is 244 Å². The summed E-state index contributed by atoms with van der Waals surface area (Å²) in [5.41, 5.74) is 16.6. The SMILES string of the molecule is C=C1Cc2cc(C(=O)NC3CCN(Cc4ccccc4)CC3)ccc2N1.C=C1Nc2ccc(CC(=O)N3CCN(c4ccccc4OC)CC3)cc2N1.COc1cnccc1C(=O)Nc1ccc2c(c1)CC(=O)N2.O=C(Nc1ccc2[nH]c(=O)[nH]c2c1)c1cccc2c1CCN2. The minimum Gasteiger partial charge on any atom is -0.495 e. The molecule has 5 amide bonds. The maximum absolute atomic E-state index is 12.7. The van der Waals surface area contributed by atoms with Gasteiger partial charge in [0.15, 0.2) is 0 Å². The van der Waals surface area contributed by atoms with Crippen LogP contribution in [0.5, 0.6) is 11.5 Å². The highest BCUT2D eigenvalue weighted by atomic mass is 16.5. The number of imidazole rings is 1. The van der Waals surface area contributed by atoms with E-state index in [9.17, 15) is 28.8 Å². The normalized spacial score (nSPS) is 14.9. The van der Waals surface area contributed by atoms with Crippen molar-refractivity contribution in [2.45, 2.75) is 51.1 Å². The molecule has 0 spiro atoms. The highest BCUT2D eigenvalue weighted by Crippen LogP contribution is 2.34. The minimum absolute atomic E-state index is 0.0341. The number of ether oxygens (including phenoxy) is 2. The number of nitrogens with zero attached hydrogens (tertiary/aromatic N) is 4. The van der Waals surface area contributed by atoms with Gasteiger partial charge in [0.1, 0.15) is 17.3 Å². The quantitative estimate of drug-likeness (QED) is 0.0514. The van der Waals surface area contributed by atoms with Gasteiger partial charge in [0.25, 0.3) is 17.7 Å². The number of hydrogen-bond donors (Lipinski definition) is 10. The second kappa shape index (κ2) is 29.5. The Hall–Kier alpha value is -11.7. The molecular formula is C74H76N14O8. The molecule has 0 saturated carbocycles. The number of amides is 5. The third kappa shape index (κ3) is 15.7. The molecule has 0 aliphatic carbocycles. The van der Waals surface area contributed by atoms with E-state index in [1.165, 1.54) is 25.1 Å². The number of allylic oxidation sites excluding steroid dienone is 1. The molecule has 0 unspecified atom stereocenters. The van der Waals surface area contributed by atoms with E-state index in [1.54, 1.807) is 49.6 Å². The van der Waals surface area contributed by atoms with Gasteiger partial charge < -0.3 is 71.8 Å². The van der Waals surface area contributed by atoms with Gasteiger partial charge in [-0.15, -0.1) is 0 Å². The molecule has 9 aromatic rings. The van der Waals surface area contributed by atoms with Crippen molar-refractivity contribution in [3.8, 4) is 11.5 Å². The fourth-order valence-corrected chi connectivity index (χ4v) is 12.6. The monoisotopic (exact) mass is 1290 g/mol. The summed E-state index contributed by atoms with van der Waals surface area (Å²) < 4.78 is 10.6. The van der Waals surface area contributed by atoms with Crippen molar-refractivity contribution in [1.29, 1.82) is 0 Å². The first-order chi connectivity index (χ1) is 46.7. The third-order valence-corrected chi connectivity index (χ3v) is 17.4. The first-order valence-electron chi connectivity index (χ1n) is 32.0. The first-order valence-corrected chi connectivity index (χ1v) is 32.0. The van der Waals surface area contributed by atoms with Crippen molar-refractivity contribution < 1.29 is 33.4 Å². The summed E-state index contributed by atoms with van der Waals surface area (Å²) >= 11 is 0. The van der Waals surface area contributed by atoms with Gasteiger partial charge in [-0.2, -0.15) is 0 Å². The molecule has 22 heteroatoms. The molecule has 2 fully saturated rings. The molecule has 10 N–H and O–H groups in total. The highest BCUT2D eigenvalue weighted by Gasteiger charge is 2.27. The first kappa shape index (κ1) is 64.5. The Balaban J connectivity index is 0.000000123. The second-order valence-corrected chi connectivity index (χ2v) is 24.0. The maximum Gasteiger partial charge on any atom is 0.323 e. The number of pyridine rings is 1. The third-order valence-electron chi connectivity index (χ3n) is 17.4. The maximum atomic E-state index is 12.7. The van der Waals surface area contributed by atoms with Crippen molar-refractivity contribution in [2.75, 3.05) is 102 Å². The smallest absolute Gasteiger partial charge is 0.323 e. The number of nitrogens with one attached hydrogen (secondary N) is 10. The molecular weight excluding hydrogens is 1210 g/mol. The number of likely N-dealkylation sites (tertiary alicyclic amines) is 1. The Bertz CT molecular complexity index is 4470. The fourth-order valence-electron chi connectivity index (χ4n) is 12.6. The van der Waals surface area contributed by atoms with Gasteiger partial charge in [-0.3, -0.25) is 33.9 Å². The van der Waals surface area contributed by atoms with Crippen molar-refractivity contribution in [3.63, 3.8) is 0 Å². The minimum atomic E-state index is -0.286. The summed E-state index contributed by atoms with van der Waals surface area (Å²) in [6.45, 7) is 14.8. The number of methoxy groups -OCH3 is 2. The van der Waals surface area contributed by atoms with Crippen LogP contribution in [0, 0.1) is 0 Å². The number of piperidine rings is 1. The number of benzene rings is 7. The van der Waals surface area contributed by atoms with Crippen molar-refractivity contribution in [2.24, 2.45) is 0 Å². The van der Waals surface area contributed by atoms with Gasteiger partial charge in [0, 0.05) is 116 Å². The van der Waals surface area contributed by atoms with E-state index >= 15 is 0 Å². The molecule has 6 aliphatic rings. The Labute approximate surface area is 555 Å². The van der Waals surface area contributed by atoms with E-state index in [0.29, 0.717) is 52.1 Å². The van der Waals surface area contributed by atoms with Gasteiger partial charge in [-0.25, -0.2) is 4.79 Å². The zero-order valence-corrected chi connectivity index (χ0v) is 53.5. The molecule has 6 aliphatic heterocycles. The van der Waals surface area contributed by atoms with Crippen LogP contribution in [0.4, 0.5) is 45.5 Å². The lowest BCUT2D eigenvalue weighted by atomic mass is 10.0. The van der Waals surface area contributed by atoms with Crippen LogP contribution in [0.25, 0.3) is 11.0 Å². The van der Waals surface area contributed by atoms with Crippen LogP contribution >= 0.6 is 0 Å². The lowest BCUT2D eigenvalue weighted by molar-refractivity contribution is -0.130. The number of carbonyl (C=O) groups excluding carboxylic acids is 5. The summed E-state index contributed by atoms with van der Waals surface area (Å²) in [4.78, 5) is 88.6. The number of H-pyrrole nitrogens is 2. The molecule has 2 aromatic heterocycles. The van der Waals surface area contributed by atoms with Gasteiger partial charge in [0.2, 0.25) is 11.8 Å². The predicted molar refractivity (Wildman–Crippen MR) is 376 cm³/mol. The summed E-state index contributed by atoms with van der Waals surface area (Å²) in [5.74, 6) is 1.78. The molecule has 22 nitrogen and oxygen atoms in total. The van der Waals surface area contributed by atoms with Gasteiger partial charge in [-0.1, -0.05) is 67.8 Å². The summed E-state index contributed by atoms with van der Waals surface area (Å²) in [6, 6.07) is 48.6. The lowest BCUT2D eigenvalue weighted by Crippen LogP contribution is -2.49. The Morgan fingerprint density at radius 2 is 1.29 bits per heavy atom. The average Bonchev–Trinajstić information content (AvgIpc) is 1.61. The van der Waals surface area contributed by atoms with Crippen molar-refractivity contribution >= 4 is 86.1 Å². The lowest BCUT2D eigenvalue weighted by Gasteiger charge is -2.36. The standard InChI is InChI=1S/C22H25N3O.C21H24N4O2.C16H14N4O2.C15H13N3O3/c1-16-13-19-14-18(7-8-21(19)23-16)22(26)24-20-9-11-25(12-10-20)15-17-5-3-2-4-6-17;1-15-22-17-8-7-16(13-18(17)23-15)14-21(26)25-11-9-24(10-12-25)19-5-3-4-6-20(19)27-2;21-15(11-2-1-3-12-10(11)6-7-17-12)18-9-4-5-13-14(8-9)20-16(22)19-13;1-21-13-8-16-5-4-11(13)15(20)17-10-2-3-12-9(6-10)7-14(19)18-12/h2-8,14,20,23H,1,9-13,15H2,(H,24,26);3-8,13,22-23H,1,9-12,14H2,2H3;1-5,8,17H,6-7H2,(H,18,21)(H2,19,20,22);2-6,8H,7H2,1H3,(H,17,20)(H,18,19). The van der Waals surface area contributed by atoms with Crippen LogP contribution in [-0.2, 0) is 41.8 Å². The topological polar surface area (TPSA) is 271 Å². The number of carbonyl (C=O) groups is 5. The summed E-state index contributed by atoms with van der Waals surface area (Å²) in [6.07, 6.45) is 7.41. The number of hydrogen-bond acceptors (Lipinski definition) is 15. The zero-order chi connectivity index (χ0) is 66.7. The van der Waals surface area contributed by atoms with E-state index in [2.05, 4.69) is 117 Å². The van der Waals surface area contributed by atoms with Gasteiger partial charge >= 0.3 is 5.69 Å². The molecule has 0 atom stereocenters. The molecule has 7 aromatic carbocycles. The Morgan fingerprint density at radius 1 is 0.594 bits per heavy atom. The van der Waals surface area contributed by atoms with E-state index in [1.807, 2.05) is 77.7 Å². The van der Waals surface area contributed by atoms with Gasteiger partial charge in [0.05, 0.1) is 66.9 Å². The molecule has 96 heavy (non-hydrogen) atoms. The number of para-hydroxylation sites is 2. The van der Waals surface area contributed by atoms with E-state index in [-0.39, 0.29) is 41.3 Å². The number of piperazine rings is 1. The van der Waals surface area contributed by atoms with Crippen molar-refractivity contribution in [1.82, 2.24) is 30.1 Å². The number of aromatic amines is 2. The molecule has 15 rings (SSSR count). The Kier molecular flexibility index (Phi) is 19.8. The number of aromatic nitrogens is 3. The largest absolute Gasteiger partial charge is 0.495 e. The van der Waals surface area contributed by atoms with Crippen LogP contribution < -0.4 is 62.6 Å². The summed E-state index contributed by atoms with van der Waals surface area (Å²) in [5, 5.41) is 24.5. The fraction of sp³-hybridized carbons (Fsp3) is 0.230. The summed E-state index contributed by atoms with van der Waals surface area (Å²) in [7, 11) is 3.18. The number of fused-ring (bicyclic) bond motifs is 5. The number of anilines is 8. The van der Waals surface area contributed by atoms with Crippen LogP contribution in [0.3, 0.4) is 0 Å². The number of rotatable bonds is 13. The Morgan fingerprint density at radius 3 is 2.09 bits per heavy atom. The molecule has 0 bridgehead atoms.